The Hall–Kier alpha value is -3.89. The van der Waals surface area contributed by atoms with Crippen molar-refractivity contribution in [1.82, 2.24) is 30.2 Å². The third-order valence-electron chi connectivity index (χ3n) is 4.53. The maximum atomic E-state index is 12.0. The molecule has 3 aromatic heterocycles. The van der Waals surface area contributed by atoms with E-state index in [-0.39, 0.29) is 29.0 Å². The molecule has 3 heterocycles. The van der Waals surface area contributed by atoms with E-state index in [1.54, 1.807) is 25.5 Å². The molecule has 0 radical (unpaired) electrons. The van der Waals surface area contributed by atoms with Crippen LogP contribution in [0.15, 0.2) is 24.5 Å². The average molecular weight is 394 g/mol. The van der Waals surface area contributed by atoms with E-state index in [0.717, 1.165) is 24.0 Å². The summed E-state index contributed by atoms with van der Waals surface area (Å²) in [6, 6.07) is 3.24. The van der Waals surface area contributed by atoms with Gasteiger partial charge in [-0.2, -0.15) is 15.0 Å². The van der Waals surface area contributed by atoms with Crippen LogP contribution < -0.4 is 10.6 Å². The second-order valence-corrected chi connectivity index (χ2v) is 6.74. The number of carbonyl (C=O) groups excluding carboxylic acids is 1. The summed E-state index contributed by atoms with van der Waals surface area (Å²) in [6.45, 7) is 1.84. The number of carboxylic acids is 1. The van der Waals surface area contributed by atoms with Gasteiger partial charge in [-0.1, -0.05) is 0 Å². The Bertz CT molecular complexity index is 1110. The van der Waals surface area contributed by atoms with Crippen LogP contribution in [0.25, 0.3) is 11.3 Å². The van der Waals surface area contributed by atoms with Gasteiger partial charge in [-0.3, -0.25) is 4.79 Å². The van der Waals surface area contributed by atoms with Gasteiger partial charge in [-0.05, 0) is 25.8 Å². The van der Waals surface area contributed by atoms with Gasteiger partial charge in [0.2, 0.25) is 5.91 Å². The predicted octanol–water partition coefficient (Wildman–Crippen LogP) is 1.77. The minimum absolute atomic E-state index is 0.0140. The number of nitrogens with one attached hydrogen (secondary N) is 2. The first-order valence-electron chi connectivity index (χ1n) is 8.93. The molecule has 11 nitrogen and oxygen atoms in total. The molecule has 3 N–H and O–H groups in total. The summed E-state index contributed by atoms with van der Waals surface area (Å²) in [5.41, 5.74) is 2.12. The molecule has 0 aliphatic heterocycles. The third-order valence-corrected chi connectivity index (χ3v) is 4.53. The number of hydrogen-bond donors (Lipinski definition) is 3. The summed E-state index contributed by atoms with van der Waals surface area (Å²) in [5, 5.41) is 31.0. The topological polar surface area (TPSA) is 148 Å². The van der Waals surface area contributed by atoms with Crippen LogP contribution >= 0.6 is 0 Å². The van der Waals surface area contributed by atoms with Gasteiger partial charge >= 0.3 is 5.97 Å². The first kappa shape index (κ1) is 18.5. The summed E-state index contributed by atoms with van der Waals surface area (Å²) in [6.07, 6.45) is 4.91. The number of pyridine rings is 1. The number of hydrogen-bond acceptors (Lipinski definition) is 8. The number of aryl methyl sites for hydroxylation is 1. The molecule has 29 heavy (non-hydrogen) atoms. The van der Waals surface area contributed by atoms with Crippen molar-refractivity contribution in [2.45, 2.75) is 19.8 Å². The average Bonchev–Trinajstić information content (AvgIpc) is 3.45. The second-order valence-electron chi connectivity index (χ2n) is 6.74. The number of carboxylic acid groups (broad SMARTS) is 1. The number of rotatable bonds is 6. The van der Waals surface area contributed by atoms with E-state index in [1.165, 1.54) is 10.9 Å². The molecule has 0 atom stereocenters. The van der Waals surface area contributed by atoms with Gasteiger partial charge in [0.05, 0.1) is 11.9 Å². The van der Waals surface area contributed by atoms with E-state index in [0.29, 0.717) is 11.5 Å². The van der Waals surface area contributed by atoms with Gasteiger partial charge in [-0.25, -0.2) is 9.78 Å². The molecule has 0 bridgehead atoms. The van der Waals surface area contributed by atoms with Crippen LogP contribution in [0.3, 0.4) is 0 Å². The summed E-state index contributed by atoms with van der Waals surface area (Å²) >= 11 is 0. The Morgan fingerprint density at radius 1 is 1.28 bits per heavy atom. The molecule has 1 aliphatic rings. The van der Waals surface area contributed by atoms with Crippen molar-refractivity contribution in [3.8, 4) is 11.3 Å². The smallest absolute Gasteiger partial charge is 0.358 e. The van der Waals surface area contributed by atoms with Gasteiger partial charge in [0.15, 0.2) is 11.5 Å². The van der Waals surface area contributed by atoms with Crippen LogP contribution in [-0.2, 0) is 11.8 Å². The van der Waals surface area contributed by atoms with Gasteiger partial charge in [-0.15, -0.1) is 10.2 Å². The molecule has 11 heteroatoms. The molecule has 4 rings (SSSR count). The highest BCUT2D eigenvalue weighted by atomic mass is 16.4. The number of amides is 1. The van der Waals surface area contributed by atoms with Crippen LogP contribution in [0.2, 0.25) is 0 Å². The lowest BCUT2D eigenvalue weighted by atomic mass is 10.1. The highest BCUT2D eigenvalue weighted by Gasteiger charge is 2.30. The van der Waals surface area contributed by atoms with Crippen molar-refractivity contribution in [3.05, 3.63) is 35.8 Å². The van der Waals surface area contributed by atoms with Crippen LogP contribution in [0.1, 0.15) is 28.9 Å². The lowest BCUT2D eigenvalue weighted by Gasteiger charge is -2.13. The molecule has 1 amide bonds. The van der Waals surface area contributed by atoms with Crippen LogP contribution in [0.5, 0.6) is 0 Å². The second kappa shape index (κ2) is 7.26. The molecule has 1 aliphatic carbocycles. The molecule has 148 valence electrons. The number of aromatic nitrogens is 6. The fourth-order valence-corrected chi connectivity index (χ4v) is 2.82. The predicted molar refractivity (Wildman–Crippen MR) is 103 cm³/mol. The number of anilines is 3. The number of aromatic carboxylic acids is 1. The van der Waals surface area contributed by atoms with Crippen LogP contribution in [0, 0.1) is 12.8 Å². The Morgan fingerprint density at radius 3 is 2.72 bits per heavy atom. The van der Waals surface area contributed by atoms with Crippen LogP contribution in [-0.4, -0.2) is 47.2 Å². The van der Waals surface area contributed by atoms with Crippen molar-refractivity contribution < 1.29 is 14.7 Å². The molecular formula is C18H18N8O3. The van der Waals surface area contributed by atoms with E-state index in [4.69, 9.17) is 0 Å². The molecule has 1 saturated carbocycles. The van der Waals surface area contributed by atoms with Crippen molar-refractivity contribution in [1.29, 1.82) is 0 Å². The number of nitrogens with zero attached hydrogens (tertiary/aromatic N) is 6. The molecule has 3 aromatic rings. The highest BCUT2D eigenvalue weighted by Crippen LogP contribution is 2.31. The fourth-order valence-electron chi connectivity index (χ4n) is 2.82. The maximum Gasteiger partial charge on any atom is 0.358 e. The molecule has 1 fully saturated rings. The van der Waals surface area contributed by atoms with Crippen molar-refractivity contribution in [2.24, 2.45) is 13.0 Å². The van der Waals surface area contributed by atoms with Gasteiger partial charge < -0.3 is 15.7 Å². The SMILES string of the molecule is Cc1c(-c2cnn(C)n2)ccnc1Nc1cc(NC(=O)C2CC2)nnc1C(=O)O. The van der Waals surface area contributed by atoms with E-state index in [1.807, 2.05) is 6.92 Å². The Balaban J connectivity index is 1.67. The lowest BCUT2D eigenvalue weighted by Crippen LogP contribution is -2.16. The standard InChI is InChI=1S/C18H18N8O3/c1-9-11(13-8-20-26(2)25-13)5-6-19-16(9)21-12-7-14(22-17(27)10-3-4-10)23-24-15(12)18(28)29/h5-8,10H,3-4H2,1-2H3,(H,28,29)(H2,19,21,22,23,27). The normalized spacial score (nSPS) is 13.2. The van der Waals surface area contributed by atoms with E-state index >= 15 is 0 Å². The van der Waals surface area contributed by atoms with Gasteiger partial charge in [0.1, 0.15) is 11.5 Å². The molecule has 0 unspecified atom stereocenters. The highest BCUT2D eigenvalue weighted by molar-refractivity contribution is 5.96. The summed E-state index contributed by atoms with van der Waals surface area (Å²) < 4.78 is 0. The van der Waals surface area contributed by atoms with E-state index in [2.05, 4.69) is 36.0 Å². The Labute approximate surface area is 165 Å². The summed E-state index contributed by atoms with van der Waals surface area (Å²) in [5.74, 6) is -0.796. The minimum atomic E-state index is -1.25. The number of carbonyl (C=O) groups is 2. The van der Waals surface area contributed by atoms with Crippen molar-refractivity contribution in [3.63, 3.8) is 0 Å². The monoisotopic (exact) mass is 394 g/mol. The zero-order chi connectivity index (χ0) is 20.5. The summed E-state index contributed by atoms with van der Waals surface area (Å²) in [7, 11) is 1.72. The molecule has 0 spiro atoms. The van der Waals surface area contributed by atoms with Gasteiger partial charge in [0, 0.05) is 36.4 Å². The zero-order valence-corrected chi connectivity index (χ0v) is 15.7. The van der Waals surface area contributed by atoms with Crippen LogP contribution in [0.4, 0.5) is 17.3 Å². The molecular weight excluding hydrogens is 376 g/mol. The van der Waals surface area contributed by atoms with Crippen molar-refractivity contribution in [2.75, 3.05) is 10.6 Å². The first-order valence-corrected chi connectivity index (χ1v) is 8.93. The quantitative estimate of drug-likeness (QED) is 0.568. The van der Waals surface area contributed by atoms with Crippen molar-refractivity contribution >= 4 is 29.2 Å². The largest absolute Gasteiger partial charge is 0.476 e. The fraction of sp³-hybridized carbons (Fsp3) is 0.278. The zero-order valence-electron chi connectivity index (χ0n) is 15.7. The Morgan fingerprint density at radius 2 is 2.07 bits per heavy atom. The van der Waals surface area contributed by atoms with E-state index < -0.39 is 5.97 Å². The lowest BCUT2D eigenvalue weighted by molar-refractivity contribution is -0.117. The van der Waals surface area contributed by atoms with Gasteiger partial charge in [0.25, 0.3) is 0 Å². The minimum Gasteiger partial charge on any atom is -0.476 e. The summed E-state index contributed by atoms with van der Waals surface area (Å²) in [4.78, 5) is 29.3. The maximum absolute atomic E-state index is 12.0. The molecule has 0 saturated heterocycles. The molecule has 0 aromatic carbocycles. The first-order chi connectivity index (χ1) is 13.9. The van der Waals surface area contributed by atoms with E-state index in [9.17, 15) is 14.7 Å². The third kappa shape index (κ3) is 3.88. The Kier molecular flexibility index (Phi) is 4.63.